The lowest BCUT2D eigenvalue weighted by molar-refractivity contribution is -0.127. The fourth-order valence-electron chi connectivity index (χ4n) is 1.70. The molecule has 1 aromatic heterocycles. The van der Waals surface area contributed by atoms with Gasteiger partial charge in [0.05, 0.1) is 6.04 Å². The number of nitrogens with zero attached hydrogens (tertiary/aromatic N) is 2. The predicted octanol–water partition coefficient (Wildman–Crippen LogP) is 1.19. The van der Waals surface area contributed by atoms with Crippen molar-refractivity contribution in [2.24, 2.45) is 11.1 Å². The SMILES string of the molecule is CC(C)(C)C(=O)[C@H](N)CCCn1ccnc1N. The van der Waals surface area contributed by atoms with Gasteiger partial charge in [0.1, 0.15) is 0 Å². The third kappa shape index (κ3) is 3.85. The zero-order chi connectivity index (χ0) is 13.1. The second-order valence-electron chi connectivity index (χ2n) is 5.34. The maximum Gasteiger partial charge on any atom is 0.200 e. The molecule has 4 N–H and O–H groups in total. The Hall–Kier alpha value is -1.36. The van der Waals surface area contributed by atoms with Crippen LogP contribution in [-0.4, -0.2) is 21.4 Å². The second-order valence-corrected chi connectivity index (χ2v) is 5.34. The number of imidazole rings is 1. The lowest BCUT2D eigenvalue weighted by Crippen LogP contribution is -2.38. The zero-order valence-corrected chi connectivity index (χ0v) is 10.8. The molecule has 0 saturated heterocycles. The van der Waals surface area contributed by atoms with Gasteiger partial charge in [0, 0.05) is 24.4 Å². The van der Waals surface area contributed by atoms with Crippen molar-refractivity contribution in [3.63, 3.8) is 0 Å². The molecule has 0 bridgehead atoms. The minimum absolute atomic E-state index is 0.108. The number of carbonyl (C=O) groups is 1. The summed E-state index contributed by atoms with van der Waals surface area (Å²) in [5.74, 6) is 0.608. The number of carbonyl (C=O) groups excluding carboxylic acids is 1. The van der Waals surface area contributed by atoms with Gasteiger partial charge in [0.15, 0.2) is 11.7 Å². The normalized spacial score (nSPS) is 13.6. The average Bonchev–Trinajstić information content (AvgIpc) is 2.62. The smallest absolute Gasteiger partial charge is 0.200 e. The Morgan fingerprint density at radius 3 is 2.65 bits per heavy atom. The van der Waals surface area contributed by atoms with E-state index in [9.17, 15) is 4.79 Å². The number of aromatic nitrogens is 2. The van der Waals surface area contributed by atoms with Gasteiger partial charge >= 0.3 is 0 Å². The number of rotatable bonds is 5. The van der Waals surface area contributed by atoms with E-state index in [-0.39, 0.29) is 17.2 Å². The molecule has 1 atom stereocenters. The molecule has 0 radical (unpaired) electrons. The molecule has 1 heterocycles. The molecule has 0 fully saturated rings. The minimum Gasteiger partial charge on any atom is -0.369 e. The van der Waals surface area contributed by atoms with Gasteiger partial charge in [-0.05, 0) is 12.8 Å². The van der Waals surface area contributed by atoms with Crippen LogP contribution in [0, 0.1) is 5.41 Å². The van der Waals surface area contributed by atoms with E-state index < -0.39 is 0 Å². The molecule has 96 valence electrons. The van der Waals surface area contributed by atoms with Crippen LogP contribution in [0.1, 0.15) is 33.6 Å². The molecule has 0 unspecified atom stereocenters. The van der Waals surface area contributed by atoms with Gasteiger partial charge in [-0.3, -0.25) is 4.79 Å². The number of nitrogens with two attached hydrogens (primary N) is 2. The van der Waals surface area contributed by atoms with Crippen molar-refractivity contribution in [2.75, 3.05) is 5.73 Å². The highest BCUT2D eigenvalue weighted by molar-refractivity contribution is 5.88. The van der Waals surface area contributed by atoms with Crippen molar-refractivity contribution in [1.82, 2.24) is 9.55 Å². The van der Waals surface area contributed by atoms with E-state index >= 15 is 0 Å². The number of ketones is 1. The van der Waals surface area contributed by atoms with Crippen molar-refractivity contribution in [2.45, 2.75) is 46.2 Å². The molecule has 5 nitrogen and oxygen atoms in total. The lowest BCUT2D eigenvalue weighted by atomic mass is 9.85. The molecule has 0 aliphatic heterocycles. The molecule has 0 aromatic carbocycles. The summed E-state index contributed by atoms with van der Waals surface area (Å²) in [5.41, 5.74) is 11.1. The van der Waals surface area contributed by atoms with E-state index in [4.69, 9.17) is 11.5 Å². The highest BCUT2D eigenvalue weighted by Gasteiger charge is 2.26. The third-order valence-corrected chi connectivity index (χ3v) is 2.74. The molecule has 0 spiro atoms. The molecule has 5 heteroatoms. The first-order valence-corrected chi connectivity index (χ1v) is 5.89. The molecular formula is C12H22N4O. The molecule has 0 aliphatic carbocycles. The van der Waals surface area contributed by atoms with E-state index in [1.807, 2.05) is 31.5 Å². The monoisotopic (exact) mass is 238 g/mol. The molecule has 1 aromatic rings. The molecule has 17 heavy (non-hydrogen) atoms. The van der Waals surface area contributed by atoms with Gasteiger partial charge in [-0.25, -0.2) is 4.98 Å². The Bertz CT molecular complexity index is 378. The Morgan fingerprint density at radius 2 is 2.18 bits per heavy atom. The first kappa shape index (κ1) is 13.7. The fourth-order valence-corrected chi connectivity index (χ4v) is 1.70. The Balaban J connectivity index is 2.37. The maximum absolute atomic E-state index is 11.9. The van der Waals surface area contributed by atoms with Crippen LogP contribution >= 0.6 is 0 Å². The highest BCUT2D eigenvalue weighted by Crippen LogP contribution is 2.18. The van der Waals surface area contributed by atoms with Crippen molar-refractivity contribution in [3.8, 4) is 0 Å². The van der Waals surface area contributed by atoms with Crippen LogP contribution in [0.25, 0.3) is 0 Å². The van der Waals surface area contributed by atoms with Crippen LogP contribution < -0.4 is 11.5 Å². The summed E-state index contributed by atoms with van der Waals surface area (Å²) in [5, 5.41) is 0. The van der Waals surface area contributed by atoms with Crippen molar-refractivity contribution < 1.29 is 4.79 Å². The zero-order valence-electron chi connectivity index (χ0n) is 10.8. The van der Waals surface area contributed by atoms with Gasteiger partial charge in [0.2, 0.25) is 0 Å². The van der Waals surface area contributed by atoms with Crippen LogP contribution in [0.15, 0.2) is 12.4 Å². The first-order valence-electron chi connectivity index (χ1n) is 5.89. The quantitative estimate of drug-likeness (QED) is 0.806. The lowest BCUT2D eigenvalue weighted by Gasteiger charge is -2.21. The third-order valence-electron chi connectivity index (χ3n) is 2.74. The summed E-state index contributed by atoms with van der Waals surface area (Å²) in [6.07, 6.45) is 4.99. The van der Waals surface area contributed by atoms with Crippen LogP contribution in [0.5, 0.6) is 0 Å². The second kappa shape index (κ2) is 5.31. The summed E-state index contributed by atoms with van der Waals surface area (Å²) < 4.78 is 1.86. The summed E-state index contributed by atoms with van der Waals surface area (Å²) >= 11 is 0. The van der Waals surface area contributed by atoms with Gasteiger partial charge in [-0.15, -0.1) is 0 Å². The van der Waals surface area contributed by atoms with E-state index in [0.717, 1.165) is 13.0 Å². The van der Waals surface area contributed by atoms with E-state index in [1.54, 1.807) is 6.20 Å². The Labute approximate surface area is 102 Å². The summed E-state index contributed by atoms with van der Waals surface area (Å²) in [6.45, 7) is 6.42. The average molecular weight is 238 g/mol. The predicted molar refractivity (Wildman–Crippen MR) is 68.3 cm³/mol. The minimum atomic E-state index is -0.389. The number of Topliss-reactive ketones (excluding diaryl/α,β-unsaturated/α-hetero) is 1. The van der Waals surface area contributed by atoms with Crippen LogP contribution in [0.2, 0.25) is 0 Å². The van der Waals surface area contributed by atoms with Gasteiger partial charge in [0.25, 0.3) is 0 Å². The van der Waals surface area contributed by atoms with E-state index in [2.05, 4.69) is 4.98 Å². The summed E-state index contributed by atoms with van der Waals surface area (Å²) in [6, 6.07) is -0.389. The van der Waals surface area contributed by atoms with Crippen LogP contribution in [0.3, 0.4) is 0 Å². The number of hydrogen-bond donors (Lipinski definition) is 2. The van der Waals surface area contributed by atoms with Crippen molar-refractivity contribution in [3.05, 3.63) is 12.4 Å². The summed E-state index contributed by atoms with van der Waals surface area (Å²) in [7, 11) is 0. The van der Waals surface area contributed by atoms with E-state index in [1.165, 1.54) is 0 Å². The number of hydrogen-bond acceptors (Lipinski definition) is 4. The molecule has 0 saturated carbocycles. The first-order chi connectivity index (χ1) is 7.82. The van der Waals surface area contributed by atoms with Crippen LogP contribution in [-0.2, 0) is 11.3 Å². The van der Waals surface area contributed by atoms with Crippen LogP contribution in [0.4, 0.5) is 5.95 Å². The van der Waals surface area contributed by atoms with Gasteiger partial charge < -0.3 is 16.0 Å². The number of aryl methyl sites for hydroxylation is 1. The molecular weight excluding hydrogens is 216 g/mol. The molecule has 0 aliphatic rings. The van der Waals surface area contributed by atoms with Crippen molar-refractivity contribution in [1.29, 1.82) is 0 Å². The largest absolute Gasteiger partial charge is 0.369 e. The van der Waals surface area contributed by atoms with E-state index in [0.29, 0.717) is 12.4 Å². The Kier molecular flexibility index (Phi) is 4.28. The van der Waals surface area contributed by atoms with Gasteiger partial charge in [-0.2, -0.15) is 0 Å². The number of anilines is 1. The number of nitrogen functional groups attached to an aromatic ring is 1. The highest BCUT2D eigenvalue weighted by atomic mass is 16.1. The van der Waals surface area contributed by atoms with Gasteiger partial charge in [-0.1, -0.05) is 20.8 Å². The maximum atomic E-state index is 11.9. The Morgan fingerprint density at radius 1 is 1.53 bits per heavy atom. The summed E-state index contributed by atoms with van der Waals surface area (Å²) in [4.78, 5) is 15.8. The standard InChI is InChI=1S/C12H22N4O/c1-12(2,3)10(17)9(13)5-4-7-16-8-6-15-11(16)14/h6,8-9H,4-5,7,13H2,1-3H3,(H2,14,15)/t9-/m1/s1. The fraction of sp³-hybridized carbons (Fsp3) is 0.667. The topological polar surface area (TPSA) is 86.9 Å². The molecule has 1 rings (SSSR count). The van der Waals surface area contributed by atoms with Crippen molar-refractivity contribution >= 4 is 11.7 Å². The molecule has 0 amide bonds.